The van der Waals surface area contributed by atoms with Gasteiger partial charge < -0.3 is 19.4 Å². The Hall–Kier alpha value is -2.85. The molecule has 2 heterocycles. The normalized spacial score (nSPS) is 12.8. The highest BCUT2D eigenvalue weighted by Crippen LogP contribution is 2.38. The Morgan fingerprint density at radius 2 is 1.97 bits per heavy atom. The zero-order valence-corrected chi connectivity index (χ0v) is 22.8. The average molecular weight is 529 g/mol. The van der Waals surface area contributed by atoms with Crippen molar-refractivity contribution in [2.75, 3.05) is 17.7 Å². The van der Waals surface area contributed by atoms with Crippen molar-refractivity contribution in [1.29, 1.82) is 0 Å². The molecule has 1 aliphatic rings. The first-order chi connectivity index (χ1) is 17.4. The minimum absolute atomic E-state index is 0.154. The number of fused-ring (bicyclic) bond motifs is 1. The van der Waals surface area contributed by atoms with Crippen LogP contribution in [0.15, 0.2) is 23.4 Å². The molecule has 0 radical (unpaired) electrons. The van der Waals surface area contributed by atoms with Crippen LogP contribution in [0.3, 0.4) is 0 Å². The zero-order valence-electron chi connectivity index (χ0n) is 21.2. The standard InChI is InChI=1S/C26H32N4O4S2/c1-5-30-21(14-34-19-12-11-16(3)13-17(19)4)28-29-26(30)35-15-22(31)27-24-23(25(32)33-6-2)18-9-7-8-10-20(18)36-24/h11-13H,5-10,14-15H2,1-4H3,(H,27,31). The maximum atomic E-state index is 12.9. The molecule has 1 amide bonds. The van der Waals surface area contributed by atoms with Crippen molar-refractivity contribution < 1.29 is 19.1 Å². The smallest absolute Gasteiger partial charge is 0.341 e. The van der Waals surface area contributed by atoms with Gasteiger partial charge in [0.1, 0.15) is 17.4 Å². The van der Waals surface area contributed by atoms with Crippen molar-refractivity contribution in [2.45, 2.75) is 71.7 Å². The van der Waals surface area contributed by atoms with Gasteiger partial charge in [0.25, 0.3) is 0 Å². The average Bonchev–Trinajstić information content (AvgIpc) is 3.42. The van der Waals surface area contributed by atoms with Gasteiger partial charge >= 0.3 is 5.97 Å². The fourth-order valence-corrected chi connectivity index (χ4v) is 6.43. The molecule has 0 saturated carbocycles. The van der Waals surface area contributed by atoms with Crippen LogP contribution in [0.4, 0.5) is 5.00 Å². The van der Waals surface area contributed by atoms with Crippen LogP contribution < -0.4 is 10.1 Å². The number of carbonyl (C=O) groups excluding carboxylic acids is 2. The number of hydrogen-bond donors (Lipinski definition) is 1. The van der Waals surface area contributed by atoms with Crippen LogP contribution in [0.25, 0.3) is 0 Å². The monoisotopic (exact) mass is 528 g/mol. The highest BCUT2D eigenvalue weighted by Gasteiger charge is 2.27. The molecule has 0 aliphatic heterocycles. The summed E-state index contributed by atoms with van der Waals surface area (Å²) in [6, 6.07) is 6.06. The summed E-state index contributed by atoms with van der Waals surface area (Å²) < 4.78 is 13.2. The van der Waals surface area contributed by atoms with Crippen molar-refractivity contribution >= 4 is 40.0 Å². The second-order valence-corrected chi connectivity index (χ2v) is 10.7. The molecule has 0 atom stereocenters. The van der Waals surface area contributed by atoms with Gasteiger partial charge in [0.15, 0.2) is 11.0 Å². The number of anilines is 1. The van der Waals surface area contributed by atoms with Crippen LogP contribution in [0.1, 0.15) is 64.4 Å². The molecule has 8 nitrogen and oxygen atoms in total. The number of aryl methyl sites for hydroxylation is 3. The number of benzene rings is 1. The van der Waals surface area contributed by atoms with Gasteiger partial charge in [-0.1, -0.05) is 29.5 Å². The molecule has 4 rings (SSSR count). The number of thiophene rings is 1. The van der Waals surface area contributed by atoms with Gasteiger partial charge in [-0.25, -0.2) is 4.79 Å². The Morgan fingerprint density at radius 3 is 2.72 bits per heavy atom. The first-order valence-corrected chi connectivity index (χ1v) is 14.1. The molecule has 36 heavy (non-hydrogen) atoms. The second-order valence-electron chi connectivity index (χ2n) is 8.67. The number of nitrogens with one attached hydrogen (secondary N) is 1. The maximum Gasteiger partial charge on any atom is 0.341 e. The summed E-state index contributed by atoms with van der Waals surface area (Å²) in [5.74, 6) is 1.12. The van der Waals surface area contributed by atoms with E-state index >= 15 is 0 Å². The Bertz CT molecular complexity index is 1250. The van der Waals surface area contributed by atoms with Gasteiger partial charge in [-0.2, -0.15) is 0 Å². The van der Waals surface area contributed by atoms with Crippen LogP contribution in [-0.4, -0.2) is 39.0 Å². The third-order valence-electron chi connectivity index (χ3n) is 6.03. The quantitative estimate of drug-likeness (QED) is 0.280. The summed E-state index contributed by atoms with van der Waals surface area (Å²) in [4.78, 5) is 26.7. The molecule has 0 spiro atoms. The lowest BCUT2D eigenvalue weighted by atomic mass is 9.95. The molecule has 1 aliphatic carbocycles. The topological polar surface area (TPSA) is 95.3 Å². The lowest BCUT2D eigenvalue weighted by Gasteiger charge is -2.12. The number of amides is 1. The van der Waals surface area contributed by atoms with E-state index in [1.54, 1.807) is 6.92 Å². The predicted octanol–water partition coefficient (Wildman–Crippen LogP) is 5.34. The zero-order chi connectivity index (χ0) is 25.7. The van der Waals surface area contributed by atoms with E-state index in [0.29, 0.717) is 41.3 Å². The van der Waals surface area contributed by atoms with E-state index < -0.39 is 0 Å². The fraction of sp³-hybridized carbons (Fsp3) is 0.462. The molecule has 0 bridgehead atoms. The highest BCUT2D eigenvalue weighted by molar-refractivity contribution is 7.99. The number of nitrogens with zero attached hydrogens (tertiary/aromatic N) is 3. The molecule has 0 unspecified atom stereocenters. The predicted molar refractivity (Wildman–Crippen MR) is 142 cm³/mol. The second kappa shape index (κ2) is 11.9. The Labute approximate surface area is 219 Å². The number of ether oxygens (including phenoxy) is 2. The molecule has 0 fully saturated rings. The molecule has 192 valence electrons. The van der Waals surface area contributed by atoms with Crippen LogP contribution in [0.5, 0.6) is 5.75 Å². The van der Waals surface area contributed by atoms with E-state index in [-0.39, 0.29) is 17.6 Å². The largest absolute Gasteiger partial charge is 0.485 e. The minimum atomic E-state index is -0.362. The molecule has 1 N–H and O–H groups in total. The van der Waals surface area contributed by atoms with E-state index in [0.717, 1.165) is 42.6 Å². The van der Waals surface area contributed by atoms with Gasteiger partial charge in [-0.15, -0.1) is 21.5 Å². The van der Waals surface area contributed by atoms with E-state index in [2.05, 4.69) is 28.5 Å². The first-order valence-electron chi connectivity index (χ1n) is 12.3. The van der Waals surface area contributed by atoms with Gasteiger partial charge in [-0.05, 0) is 70.6 Å². The molecule has 3 aromatic rings. The number of rotatable bonds is 10. The van der Waals surface area contributed by atoms with Gasteiger partial charge in [-0.3, -0.25) is 4.79 Å². The van der Waals surface area contributed by atoms with Crippen molar-refractivity contribution in [2.24, 2.45) is 0 Å². The van der Waals surface area contributed by atoms with Crippen LogP contribution in [0, 0.1) is 13.8 Å². The molecular formula is C26H32N4O4S2. The SMILES string of the molecule is CCOC(=O)c1c(NC(=O)CSc2nnc(COc3ccc(C)cc3C)n2CC)sc2c1CCCC2. The molecule has 10 heteroatoms. The van der Waals surface area contributed by atoms with Crippen molar-refractivity contribution in [1.82, 2.24) is 14.8 Å². The Kier molecular flexibility index (Phi) is 8.68. The van der Waals surface area contributed by atoms with Gasteiger partial charge in [0.2, 0.25) is 5.91 Å². The number of hydrogen-bond acceptors (Lipinski definition) is 8. The lowest BCUT2D eigenvalue weighted by molar-refractivity contribution is -0.113. The summed E-state index contributed by atoms with van der Waals surface area (Å²) >= 11 is 2.81. The summed E-state index contributed by atoms with van der Waals surface area (Å²) in [7, 11) is 0. The summed E-state index contributed by atoms with van der Waals surface area (Å²) in [5, 5.41) is 12.8. The number of esters is 1. The lowest BCUT2D eigenvalue weighted by Crippen LogP contribution is -2.17. The third kappa shape index (κ3) is 5.92. The number of aromatic nitrogens is 3. The minimum Gasteiger partial charge on any atom is -0.485 e. The Morgan fingerprint density at radius 1 is 1.17 bits per heavy atom. The Balaban J connectivity index is 1.40. The van der Waals surface area contributed by atoms with E-state index in [1.165, 1.54) is 33.5 Å². The van der Waals surface area contributed by atoms with E-state index in [9.17, 15) is 9.59 Å². The van der Waals surface area contributed by atoms with Gasteiger partial charge in [0.05, 0.1) is 17.9 Å². The molecule has 0 saturated heterocycles. The number of carbonyl (C=O) groups is 2. The van der Waals surface area contributed by atoms with Crippen LogP contribution in [0.2, 0.25) is 0 Å². The molecule has 2 aromatic heterocycles. The van der Waals surface area contributed by atoms with Crippen molar-refractivity contribution in [3.63, 3.8) is 0 Å². The highest BCUT2D eigenvalue weighted by atomic mass is 32.2. The van der Waals surface area contributed by atoms with Crippen LogP contribution in [-0.2, 0) is 35.5 Å². The van der Waals surface area contributed by atoms with E-state index in [4.69, 9.17) is 9.47 Å². The summed E-state index contributed by atoms with van der Waals surface area (Å²) in [5.41, 5.74) is 3.82. The van der Waals surface area contributed by atoms with Gasteiger partial charge in [0, 0.05) is 11.4 Å². The maximum absolute atomic E-state index is 12.9. The fourth-order valence-electron chi connectivity index (χ4n) is 4.32. The molecular weight excluding hydrogens is 496 g/mol. The van der Waals surface area contributed by atoms with Crippen molar-refractivity contribution in [3.8, 4) is 5.75 Å². The van der Waals surface area contributed by atoms with E-state index in [1.807, 2.05) is 30.5 Å². The first kappa shape index (κ1) is 26.2. The third-order valence-corrected chi connectivity index (χ3v) is 8.21. The van der Waals surface area contributed by atoms with Crippen molar-refractivity contribution in [3.05, 3.63) is 51.2 Å². The van der Waals surface area contributed by atoms with Crippen LogP contribution >= 0.6 is 23.1 Å². The molecule has 1 aromatic carbocycles. The summed E-state index contributed by atoms with van der Waals surface area (Å²) in [6.45, 7) is 9.12. The summed E-state index contributed by atoms with van der Waals surface area (Å²) in [6.07, 6.45) is 3.92. The number of thioether (sulfide) groups is 1.